The molecule has 9 heteroatoms. The Morgan fingerprint density at radius 1 is 0.870 bits per heavy atom. The van der Waals surface area contributed by atoms with Gasteiger partial charge in [0, 0.05) is 38.2 Å². The average Bonchev–Trinajstić information content (AvgIpc) is 3.54. The van der Waals surface area contributed by atoms with Crippen LogP contribution in [0.4, 0.5) is 0 Å². The van der Waals surface area contributed by atoms with Crippen LogP contribution in [0.15, 0.2) is 108 Å². The van der Waals surface area contributed by atoms with Crippen molar-refractivity contribution < 1.29 is 27.7 Å². The van der Waals surface area contributed by atoms with Gasteiger partial charge in [-0.25, -0.2) is 13.1 Å². The molecule has 2 N–H and O–H groups in total. The molecule has 2 fully saturated rings. The highest BCUT2D eigenvalue weighted by Crippen LogP contribution is 2.39. The van der Waals surface area contributed by atoms with Gasteiger partial charge in [0.05, 0.1) is 30.3 Å². The fraction of sp³-hybridized carbons (Fsp3) is 0.351. The number of nitrogens with zero attached hydrogens (tertiary/aromatic N) is 1. The number of hydrogen-bond donors (Lipinski definition) is 2. The maximum atomic E-state index is 12.8. The molecule has 4 aromatic rings. The lowest BCUT2D eigenvalue weighted by Crippen LogP contribution is -2.42. The van der Waals surface area contributed by atoms with Crippen LogP contribution in [0, 0.1) is 0 Å². The zero-order valence-corrected chi connectivity index (χ0v) is 26.9. The van der Waals surface area contributed by atoms with Gasteiger partial charge in [0.25, 0.3) is 0 Å². The van der Waals surface area contributed by atoms with E-state index in [-0.39, 0.29) is 30.3 Å². The van der Waals surface area contributed by atoms with Crippen LogP contribution in [0.25, 0.3) is 11.1 Å². The Balaban J connectivity index is 1.21. The molecular weight excluding hydrogens is 600 g/mol. The number of hydrogen-bond acceptors (Lipinski definition) is 7. The van der Waals surface area contributed by atoms with Crippen LogP contribution in [0.1, 0.15) is 53.9 Å². The van der Waals surface area contributed by atoms with E-state index in [2.05, 4.69) is 15.7 Å². The second-order valence-electron chi connectivity index (χ2n) is 12.1. The van der Waals surface area contributed by atoms with Crippen LogP contribution in [0.5, 0.6) is 0 Å². The highest BCUT2D eigenvalue weighted by molar-refractivity contribution is 7.89. The summed E-state index contributed by atoms with van der Waals surface area (Å²) >= 11 is 0. The molecule has 0 aromatic heterocycles. The molecule has 8 nitrogen and oxygen atoms in total. The number of nitrogens with one attached hydrogen (secondary N) is 1. The zero-order chi connectivity index (χ0) is 31.9. The van der Waals surface area contributed by atoms with E-state index in [9.17, 15) is 13.5 Å². The summed E-state index contributed by atoms with van der Waals surface area (Å²) in [6.07, 6.45) is 2.24. The van der Waals surface area contributed by atoms with E-state index >= 15 is 0 Å². The first kappa shape index (κ1) is 32.5. The predicted molar refractivity (Wildman–Crippen MR) is 177 cm³/mol. The maximum absolute atomic E-state index is 12.8. The summed E-state index contributed by atoms with van der Waals surface area (Å²) < 4.78 is 47.0. The first-order valence-corrected chi connectivity index (χ1v) is 17.4. The van der Waals surface area contributed by atoms with Crippen molar-refractivity contribution in [2.24, 2.45) is 0 Å². The van der Waals surface area contributed by atoms with Crippen LogP contribution in [-0.2, 0) is 37.4 Å². The molecule has 4 unspecified atom stereocenters. The lowest BCUT2D eigenvalue weighted by Gasteiger charge is -2.39. The molecule has 0 bridgehead atoms. The number of sulfonamides is 1. The summed E-state index contributed by atoms with van der Waals surface area (Å²) in [5.74, 6) is 0. The van der Waals surface area contributed by atoms with E-state index < -0.39 is 16.3 Å². The molecular formula is C37H42N2O6S. The highest BCUT2D eigenvalue weighted by Gasteiger charge is 2.35. The van der Waals surface area contributed by atoms with Crippen molar-refractivity contribution in [2.75, 3.05) is 26.8 Å². The number of rotatable bonds is 12. The summed E-state index contributed by atoms with van der Waals surface area (Å²) in [5, 5.41) is 9.55. The number of aliphatic hydroxyl groups excluding tert-OH is 1. The van der Waals surface area contributed by atoms with Crippen molar-refractivity contribution in [3.8, 4) is 11.1 Å². The van der Waals surface area contributed by atoms with Gasteiger partial charge in [0.15, 0.2) is 6.29 Å². The third kappa shape index (κ3) is 7.93. The van der Waals surface area contributed by atoms with Gasteiger partial charge in [0.1, 0.15) is 0 Å². The number of benzene rings is 4. The second-order valence-corrected chi connectivity index (χ2v) is 13.8. The minimum absolute atomic E-state index is 0.00288. The molecule has 6 rings (SSSR count). The SMILES string of the molecule is COCC1CCCN1CC1CC(c2ccc(CO)cc2)OC(c2cccc(-c3cccc(CNS(=O)(=O)c4ccccc4)c3)c2)O1. The maximum Gasteiger partial charge on any atom is 0.240 e. The molecule has 4 atom stereocenters. The minimum atomic E-state index is -3.62. The van der Waals surface area contributed by atoms with E-state index in [0.717, 1.165) is 65.7 Å². The van der Waals surface area contributed by atoms with Crippen LogP contribution in [0.3, 0.4) is 0 Å². The van der Waals surface area contributed by atoms with Gasteiger partial charge in [-0.15, -0.1) is 0 Å². The molecule has 2 saturated heterocycles. The monoisotopic (exact) mass is 642 g/mol. The Labute approximate surface area is 272 Å². The van der Waals surface area contributed by atoms with Crippen LogP contribution < -0.4 is 4.72 Å². The smallest absolute Gasteiger partial charge is 0.240 e. The number of aliphatic hydroxyl groups is 1. The van der Waals surface area contributed by atoms with Crippen LogP contribution >= 0.6 is 0 Å². The second kappa shape index (κ2) is 15.0. The van der Waals surface area contributed by atoms with Gasteiger partial charge in [-0.05, 0) is 71.5 Å². The molecule has 2 heterocycles. The van der Waals surface area contributed by atoms with Crippen LogP contribution in [-0.4, -0.2) is 57.4 Å². The highest BCUT2D eigenvalue weighted by atomic mass is 32.2. The van der Waals surface area contributed by atoms with Gasteiger partial charge in [-0.3, -0.25) is 4.90 Å². The Bertz CT molecular complexity index is 1680. The topological polar surface area (TPSA) is 97.3 Å². The van der Waals surface area contributed by atoms with Crippen molar-refractivity contribution in [3.05, 3.63) is 125 Å². The molecule has 2 aliphatic heterocycles. The normalized spacial score (nSPS) is 22.2. The molecule has 0 aliphatic carbocycles. The lowest BCUT2D eigenvalue weighted by molar-refractivity contribution is -0.253. The standard InChI is InChI=1S/C37H42N2O6S/c1-43-26-33-12-7-19-39(33)24-34-22-36(29-17-15-27(25-40)16-18-29)45-37(44-34)32-11-6-10-31(21-32)30-9-5-8-28(20-30)23-38-46(41,42)35-13-3-2-4-14-35/h2-6,8-11,13-18,20-21,33-34,36-38,40H,7,12,19,22-26H2,1H3. The quantitative estimate of drug-likeness (QED) is 0.196. The first-order valence-electron chi connectivity index (χ1n) is 15.9. The van der Waals surface area contributed by atoms with E-state index in [1.54, 1.807) is 37.4 Å². The van der Waals surface area contributed by atoms with Crippen molar-refractivity contribution in [2.45, 2.75) is 61.8 Å². The summed E-state index contributed by atoms with van der Waals surface area (Å²) in [6.45, 7) is 2.73. The fourth-order valence-corrected chi connectivity index (χ4v) is 7.44. The van der Waals surface area contributed by atoms with Crippen molar-refractivity contribution in [3.63, 3.8) is 0 Å². The van der Waals surface area contributed by atoms with Gasteiger partial charge in [-0.1, -0.05) is 78.9 Å². The van der Waals surface area contributed by atoms with Crippen molar-refractivity contribution in [1.29, 1.82) is 0 Å². The molecule has 0 saturated carbocycles. The molecule has 242 valence electrons. The van der Waals surface area contributed by atoms with Gasteiger partial charge >= 0.3 is 0 Å². The number of methoxy groups -OCH3 is 1. The lowest BCUT2D eigenvalue weighted by atomic mass is 9.98. The molecule has 0 spiro atoms. The van der Waals surface area contributed by atoms with Gasteiger partial charge in [0.2, 0.25) is 10.0 Å². The van der Waals surface area contributed by atoms with Gasteiger partial charge in [-0.2, -0.15) is 0 Å². The Morgan fingerprint density at radius 3 is 2.39 bits per heavy atom. The van der Waals surface area contributed by atoms with Crippen LogP contribution in [0.2, 0.25) is 0 Å². The summed E-state index contributed by atoms with van der Waals surface area (Å²) in [6, 6.07) is 32.8. The third-order valence-electron chi connectivity index (χ3n) is 8.85. The minimum Gasteiger partial charge on any atom is -0.392 e. The summed E-state index contributed by atoms with van der Waals surface area (Å²) in [7, 11) is -1.86. The molecule has 0 radical (unpaired) electrons. The molecule has 4 aromatic carbocycles. The largest absolute Gasteiger partial charge is 0.392 e. The Morgan fingerprint density at radius 2 is 1.63 bits per heavy atom. The number of ether oxygens (including phenoxy) is 3. The molecule has 0 amide bonds. The average molecular weight is 643 g/mol. The van der Waals surface area contributed by atoms with E-state index in [1.165, 1.54) is 0 Å². The fourth-order valence-electron chi connectivity index (χ4n) is 6.40. The Hall–Kier alpha value is -3.41. The third-order valence-corrected chi connectivity index (χ3v) is 10.3. The summed E-state index contributed by atoms with van der Waals surface area (Å²) in [5.41, 5.74) is 5.67. The van der Waals surface area contributed by atoms with E-state index in [4.69, 9.17) is 14.2 Å². The van der Waals surface area contributed by atoms with E-state index in [0.29, 0.717) is 12.6 Å². The summed E-state index contributed by atoms with van der Waals surface area (Å²) in [4.78, 5) is 2.72. The first-order chi connectivity index (χ1) is 22.4. The van der Waals surface area contributed by atoms with Crippen molar-refractivity contribution >= 4 is 10.0 Å². The molecule has 2 aliphatic rings. The van der Waals surface area contributed by atoms with Gasteiger partial charge < -0.3 is 19.3 Å². The zero-order valence-electron chi connectivity index (χ0n) is 26.1. The Kier molecular flexibility index (Phi) is 10.6. The van der Waals surface area contributed by atoms with Crippen molar-refractivity contribution in [1.82, 2.24) is 9.62 Å². The van der Waals surface area contributed by atoms with E-state index in [1.807, 2.05) is 66.7 Å². The molecule has 46 heavy (non-hydrogen) atoms. The number of likely N-dealkylation sites (tertiary alicyclic amines) is 1. The predicted octanol–water partition coefficient (Wildman–Crippen LogP) is 5.98.